The van der Waals surface area contributed by atoms with Crippen LogP contribution in [0, 0.1) is 0 Å². The van der Waals surface area contributed by atoms with Crippen molar-refractivity contribution < 1.29 is 18.7 Å². The topological polar surface area (TPSA) is 128 Å². The van der Waals surface area contributed by atoms with E-state index in [4.69, 9.17) is 35.3 Å². The molecule has 5 aromatic rings. The van der Waals surface area contributed by atoms with E-state index in [0.717, 1.165) is 23.1 Å². The molecule has 2 N–H and O–H groups in total. The van der Waals surface area contributed by atoms with Gasteiger partial charge in [-0.3, -0.25) is 0 Å². The van der Waals surface area contributed by atoms with Crippen molar-refractivity contribution in [2.45, 2.75) is 31.2 Å². The number of ether oxygens (including phenoxy) is 3. The van der Waals surface area contributed by atoms with Crippen LogP contribution in [0.4, 0.5) is 0 Å². The summed E-state index contributed by atoms with van der Waals surface area (Å²) in [6.07, 6.45) is 0.494. The minimum absolute atomic E-state index is 0.122. The first-order valence-corrected chi connectivity index (χ1v) is 12.6. The van der Waals surface area contributed by atoms with E-state index < -0.39 is 5.69 Å². The van der Waals surface area contributed by atoms with Gasteiger partial charge < -0.3 is 23.7 Å². The molecule has 2 aliphatic heterocycles. The van der Waals surface area contributed by atoms with Gasteiger partial charge in [-0.05, 0) is 36.2 Å². The first-order chi connectivity index (χ1) is 18.4. The highest BCUT2D eigenvalue weighted by Gasteiger charge is 2.52. The maximum absolute atomic E-state index is 11.2. The Morgan fingerprint density at radius 2 is 1.71 bits per heavy atom. The molecule has 0 amide bonds. The standard InChI is InChI=1S/C27H22ClN5O5/c1-27-10-11-35-22(27)20(13-36-27)37-26-29-19-12-18(28)21(30-23(19)31-26)16-6-2-14(3-7-16)15-4-8-17(9-5-15)24-32-25(34)33-38-24/h2-9,12,20,22H,10-11,13H2,1H3,(H,33,34)(H,29,30,31). The van der Waals surface area contributed by atoms with Crippen LogP contribution < -0.4 is 10.4 Å². The molecule has 0 bridgehead atoms. The predicted molar refractivity (Wildman–Crippen MR) is 139 cm³/mol. The molecule has 0 spiro atoms. The van der Waals surface area contributed by atoms with Gasteiger partial charge in [-0.15, -0.1) is 0 Å². The molecule has 2 aromatic carbocycles. The molecule has 2 aliphatic rings. The van der Waals surface area contributed by atoms with Gasteiger partial charge in [0.05, 0.1) is 35.0 Å². The minimum Gasteiger partial charge on any atom is -0.456 e. The minimum atomic E-state index is -0.515. The fraction of sp³-hybridized carbons (Fsp3) is 0.259. The summed E-state index contributed by atoms with van der Waals surface area (Å²) in [5.74, 6) is 0.252. The third kappa shape index (κ3) is 3.97. The fourth-order valence-electron chi connectivity index (χ4n) is 5.09. The number of aromatic amines is 2. The number of H-pyrrole nitrogens is 2. The van der Waals surface area contributed by atoms with E-state index in [9.17, 15) is 4.79 Å². The summed E-state index contributed by atoms with van der Waals surface area (Å²) in [4.78, 5) is 27.4. The SMILES string of the molecule is CC12CCOC1C(Oc1nc3nc(-c4ccc(-c5ccc(-c6nc(=O)[nH]o6)cc5)cc4)c(Cl)cc3[nH]1)CO2. The van der Waals surface area contributed by atoms with Crippen LogP contribution in [0.3, 0.4) is 0 Å². The Morgan fingerprint density at radius 3 is 2.42 bits per heavy atom. The second kappa shape index (κ2) is 8.80. The Hall–Kier alpha value is -3.99. The summed E-state index contributed by atoms with van der Waals surface area (Å²) in [5, 5.41) is 2.70. The molecular formula is C27H22ClN5O5. The normalized spacial score (nSPS) is 22.7. The lowest BCUT2D eigenvalue weighted by atomic mass is 9.97. The van der Waals surface area contributed by atoms with Gasteiger partial charge in [-0.1, -0.05) is 48.0 Å². The molecule has 0 radical (unpaired) electrons. The summed E-state index contributed by atoms with van der Waals surface area (Å²) in [6.45, 7) is 3.17. The highest BCUT2D eigenvalue weighted by atomic mass is 35.5. The van der Waals surface area contributed by atoms with E-state index in [1.165, 1.54) is 0 Å². The number of hydrogen-bond donors (Lipinski definition) is 2. The lowest BCUT2D eigenvalue weighted by Crippen LogP contribution is -2.39. The summed E-state index contributed by atoms with van der Waals surface area (Å²) >= 11 is 6.61. The van der Waals surface area contributed by atoms with E-state index >= 15 is 0 Å². The van der Waals surface area contributed by atoms with Gasteiger partial charge in [0.25, 0.3) is 11.9 Å². The number of halogens is 1. The van der Waals surface area contributed by atoms with Crippen LogP contribution in [0.2, 0.25) is 5.02 Å². The molecule has 3 atom stereocenters. The number of rotatable bonds is 5. The van der Waals surface area contributed by atoms with Gasteiger partial charge >= 0.3 is 5.69 Å². The maximum atomic E-state index is 11.2. The molecule has 3 aromatic heterocycles. The average molecular weight is 532 g/mol. The van der Waals surface area contributed by atoms with E-state index in [-0.39, 0.29) is 23.7 Å². The van der Waals surface area contributed by atoms with Gasteiger partial charge in [0.2, 0.25) is 0 Å². The Kier molecular flexibility index (Phi) is 5.36. The second-order valence-corrected chi connectivity index (χ2v) is 10.0. The smallest absolute Gasteiger partial charge is 0.377 e. The van der Waals surface area contributed by atoms with Crippen LogP contribution in [0.15, 0.2) is 63.9 Å². The summed E-state index contributed by atoms with van der Waals surface area (Å²) in [7, 11) is 0. The molecule has 3 unspecified atom stereocenters. The van der Waals surface area contributed by atoms with Crippen molar-refractivity contribution in [1.29, 1.82) is 0 Å². The lowest BCUT2D eigenvalue weighted by Gasteiger charge is -2.22. The van der Waals surface area contributed by atoms with E-state index in [0.29, 0.717) is 46.7 Å². The van der Waals surface area contributed by atoms with Crippen LogP contribution in [-0.4, -0.2) is 56.1 Å². The fourth-order valence-corrected chi connectivity index (χ4v) is 5.35. The molecule has 7 rings (SSSR count). The second-order valence-electron chi connectivity index (χ2n) is 9.63. The Bertz CT molecular complexity index is 1690. The molecule has 2 saturated heterocycles. The third-order valence-corrected chi connectivity index (χ3v) is 7.43. The predicted octanol–water partition coefficient (Wildman–Crippen LogP) is 4.61. The monoisotopic (exact) mass is 531 g/mol. The van der Waals surface area contributed by atoms with E-state index in [1.54, 1.807) is 6.07 Å². The van der Waals surface area contributed by atoms with Gasteiger partial charge in [-0.25, -0.2) is 9.78 Å². The number of imidazole rings is 1. The Morgan fingerprint density at radius 1 is 1.00 bits per heavy atom. The zero-order valence-electron chi connectivity index (χ0n) is 20.2. The van der Waals surface area contributed by atoms with Crippen molar-refractivity contribution in [3.05, 3.63) is 70.1 Å². The maximum Gasteiger partial charge on any atom is 0.377 e. The van der Waals surface area contributed by atoms with Crippen LogP contribution in [-0.2, 0) is 9.47 Å². The van der Waals surface area contributed by atoms with Crippen LogP contribution in [0.25, 0.3) is 45.0 Å². The highest BCUT2D eigenvalue weighted by molar-refractivity contribution is 6.33. The summed E-state index contributed by atoms with van der Waals surface area (Å²) in [5.41, 5.74) is 4.58. The van der Waals surface area contributed by atoms with Crippen molar-refractivity contribution in [2.75, 3.05) is 13.2 Å². The van der Waals surface area contributed by atoms with Crippen molar-refractivity contribution >= 4 is 22.8 Å². The molecule has 5 heterocycles. The third-order valence-electron chi connectivity index (χ3n) is 7.14. The highest BCUT2D eigenvalue weighted by Crippen LogP contribution is 2.38. The van der Waals surface area contributed by atoms with Crippen LogP contribution in [0.1, 0.15) is 13.3 Å². The average Bonchev–Trinajstić information content (AvgIpc) is 3.69. The molecular weight excluding hydrogens is 510 g/mol. The van der Waals surface area contributed by atoms with Gasteiger partial charge in [0.1, 0.15) is 6.10 Å². The van der Waals surface area contributed by atoms with E-state index in [2.05, 4.69) is 27.0 Å². The van der Waals surface area contributed by atoms with Crippen LogP contribution >= 0.6 is 11.6 Å². The summed E-state index contributed by atoms with van der Waals surface area (Å²) in [6, 6.07) is 17.7. The Labute approximate surface area is 220 Å². The first-order valence-electron chi connectivity index (χ1n) is 12.2. The molecule has 38 heavy (non-hydrogen) atoms. The quantitative estimate of drug-likeness (QED) is 0.336. The van der Waals surface area contributed by atoms with Crippen molar-refractivity contribution in [1.82, 2.24) is 25.1 Å². The van der Waals surface area contributed by atoms with Gasteiger partial charge in [0, 0.05) is 17.5 Å². The summed E-state index contributed by atoms with van der Waals surface area (Å²) < 4.78 is 23.0. The van der Waals surface area contributed by atoms with Crippen LogP contribution in [0.5, 0.6) is 6.01 Å². The molecule has 0 saturated carbocycles. The number of fused-ring (bicyclic) bond motifs is 2. The molecule has 192 valence electrons. The molecule has 2 fully saturated rings. The molecule has 10 nitrogen and oxygen atoms in total. The van der Waals surface area contributed by atoms with Crippen molar-refractivity contribution in [3.8, 4) is 39.8 Å². The Balaban J connectivity index is 1.11. The number of pyridine rings is 1. The lowest BCUT2D eigenvalue weighted by molar-refractivity contribution is -0.0124. The van der Waals surface area contributed by atoms with Crippen molar-refractivity contribution in [3.63, 3.8) is 0 Å². The van der Waals surface area contributed by atoms with Crippen molar-refractivity contribution in [2.24, 2.45) is 0 Å². The van der Waals surface area contributed by atoms with Gasteiger partial charge in [0.15, 0.2) is 11.8 Å². The number of nitrogens with zero attached hydrogens (tertiary/aromatic N) is 3. The zero-order valence-corrected chi connectivity index (χ0v) is 21.0. The largest absolute Gasteiger partial charge is 0.456 e. The number of benzene rings is 2. The number of aromatic nitrogens is 5. The first kappa shape index (κ1) is 23.2. The van der Waals surface area contributed by atoms with E-state index in [1.807, 2.05) is 48.5 Å². The zero-order chi connectivity index (χ0) is 25.9. The molecule has 11 heteroatoms. The number of hydrogen-bond acceptors (Lipinski definition) is 8. The number of nitrogens with one attached hydrogen (secondary N) is 2. The van der Waals surface area contributed by atoms with Gasteiger partial charge in [-0.2, -0.15) is 15.1 Å². The molecule has 0 aliphatic carbocycles.